The molecular formula is C23H18ClN3O3. The third-order valence-corrected chi connectivity index (χ3v) is 5.13. The molecule has 1 heterocycles. The van der Waals surface area contributed by atoms with Gasteiger partial charge in [0.05, 0.1) is 28.5 Å². The largest absolute Gasteiger partial charge is 0.325 e. The van der Waals surface area contributed by atoms with E-state index in [0.29, 0.717) is 27.6 Å². The molecule has 1 atom stereocenters. The Labute approximate surface area is 178 Å². The number of nitrogens with one attached hydrogen (secondary N) is 2. The van der Waals surface area contributed by atoms with Crippen LogP contribution in [0, 0.1) is 0 Å². The Morgan fingerprint density at radius 3 is 2.37 bits per heavy atom. The summed E-state index contributed by atoms with van der Waals surface area (Å²) in [4.78, 5) is 40.2. The van der Waals surface area contributed by atoms with Crippen LogP contribution in [0.25, 0.3) is 0 Å². The highest BCUT2D eigenvalue weighted by Crippen LogP contribution is 2.34. The summed E-state index contributed by atoms with van der Waals surface area (Å²) in [5.74, 6) is -1.20. The number of hydrogen-bond acceptors (Lipinski definition) is 3. The second-order valence-electron chi connectivity index (χ2n) is 6.80. The zero-order valence-corrected chi connectivity index (χ0v) is 16.6. The van der Waals surface area contributed by atoms with E-state index in [-0.39, 0.29) is 12.3 Å². The molecule has 30 heavy (non-hydrogen) atoms. The number of fused-ring (bicyclic) bond motifs is 1. The van der Waals surface area contributed by atoms with Crippen molar-refractivity contribution in [2.75, 3.05) is 15.5 Å². The highest BCUT2D eigenvalue weighted by molar-refractivity contribution is 6.33. The Hall–Kier alpha value is -3.64. The first-order chi connectivity index (χ1) is 14.5. The summed E-state index contributed by atoms with van der Waals surface area (Å²) in [5, 5.41) is 5.89. The SMILES string of the molecule is O=C(CC1C(=O)Nc2ccccc2N1C(=O)c1ccccc1)Nc1ccccc1Cl. The second-order valence-corrected chi connectivity index (χ2v) is 7.20. The van der Waals surface area contributed by atoms with Crippen molar-refractivity contribution in [1.29, 1.82) is 0 Å². The standard InChI is InChI=1S/C23H18ClN3O3/c24-16-10-4-5-11-17(16)25-21(28)14-20-22(29)26-18-12-6-7-13-19(18)27(20)23(30)15-8-2-1-3-9-15/h1-13,20H,14H2,(H,25,28)(H,26,29). The van der Waals surface area contributed by atoms with Gasteiger partial charge in [0.25, 0.3) is 5.91 Å². The van der Waals surface area contributed by atoms with Crippen molar-refractivity contribution >= 4 is 46.4 Å². The van der Waals surface area contributed by atoms with E-state index in [1.54, 1.807) is 72.8 Å². The van der Waals surface area contributed by atoms with Gasteiger partial charge in [0.15, 0.2) is 0 Å². The van der Waals surface area contributed by atoms with Crippen molar-refractivity contribution in [3.8, 4) is 0 Å². The van der Waals surface area contributed by atoms with Crippen LogP contribution in [-0.4, -0.2) is 23.8 Å². The molecule has 1 aliphatic rings. The number of para-hydroxylation sites is 3. The molecule has 7 heteroatoms. The Kier molecular flexibility index (Phi) is 5.50. The zero-order chi connectivity index (χ0) is 21.1. The van der Waals surface area contributed by atoms with Crippen LogP contribution < -0.4 is 15.5 Å². The van der Waals surface area contributed by atoms with E-state index in [2.05, 4.69) is 10.6 Å². The molecule has 0 aromatic heterocycles. The first kappa shape index (κ1) is 19.7. The van der Waals surface area contributed by atoms with Crippen LogP contribution in [0.5, 0.6) is 0 Å². The molecule has 3 aromatic rings. The normalized spacial score (nSPS) is 15.2. The number of carbonyl (C=O) groups excluding carboxylic acids is 3. The quantitative estimate of drug-likeness (QED) is 0.660. The summed E-state index contributed by atoms with van der Waals surface area (Å²) < 4.78 is 0. The minimum atomic E-state index is -1.00. The molecule has 0 spiro atoms. The van der Waals surface area contributed by atoms with Crippen molar-refractivity contribution in [3.05, 3.63) is 89.4 Å². The summed E-state index contributed by atoms with van der Waals surface area (Å²) >= 11 is 6.11. The van der Waals surface area contributed by atoms with Gasteiger partial charge in [0.1, 0.15) is 6.04 Å². The average Bonchev–Trinajstić information content (AvgIpc) is 2.76. The van der Waals surface area contributed by atoms with Crippen molar-refractivity contribution in [2.24, 2.45) is 0 Å². The molecule has 6 nitrogen and oxygen atoms in total. The minimum absolute atomic E-state index is 0.218. The minimum Gasteiger partial charge on any atom is -0.325 e. The van der Waals surface area contributed by atoms with E-state index in [1.165, 1.54) is 4.90 Å². The maximum absolute atomic E-state index is 13.3. The van der Waals surface area contributed by atoms with Gasteiger partial charge < -0.3 is 10.6 Å². The fourth-order valence-electron chi connectivity index (χ4n) is 3.38. The van der Waals surface area contributed by atoms with Crippen molar-refractivity contribution in [1.82, 2.24) is 0 Å². The smallest absolute Gasteiger partial charge is 0.259 e. The number of nitrogens with zero attached hydrogens (tertiary/aromatic N) is 1. The van der Waals surface area contributed by atoms with Gasteiger partial charge >= 0.3 is 0 Å². The maximum atomic E-state index is 13.3. The topological polar surface area (TPSA) is 78.5 Å². The van der Waals surface area contributed by atoms with Gasteiger partial charge in [0, 0.05) is 5.56 Å². The van der Waals surface area contributed by atoms with Gasteiger partial charge in [-0.05, 0) is 36.4 Å². The van der Waals surface area contributed by atoms with E-state index >= 15 is 0 Å². The van der Waals surface area contributed by atoms with Gasteiger partial charge in [-0.1, -0.05) is 54.1 Å². The molecule has 0 saturated heterocycles. The molecule has 0 aliphatic carbocycles. The van der Waals surface area contributed by atoms with E-state index < -0.39 is 17.9 Å². The molecule has 1 unspecified atom stereocenters. The lowest BCUT2D eigenvalue weighted by Gasteiger charge is -2.36. The molecule has 150 valence electrons. The van der Waals surface area contributed by atoms with E-state index in [9.17, 15) is 14.4 Å². The molecule has 2 N–H and O–H groups in total. The number of rotatable bonds is 4. The molecule has 1 aliphatic heterocycles. The molecule has 4 rings (SSSR count). The van der Waals surface area contributed by atoms with Crippen LogP contribution in [-0.2, 0) is 9.59 Å². The van der Waals surface area contributed by atoms with Crippen LogP contribution in [0.1, 0.15) is 16.8 Å². The van der Waals surface area contributed by atoms with E-state index in [4.69, 9.17) is 11.6 Å². The first-order valence-corrected chi connectivity index (χ1v) is 9.75. The van der Waals surface area contributed by atoms with Crippen LogP contribution >= 0.6 is 11.6 Å². The predicted octanol–water partition coefficient (Wildman–Crippen LogP) is 4.34. The first-order valence-electron chi connectivity index (χ1n) is 9.37. The highest BCUT2D eigenvalue weighted by Gasteiger charge is 2.38. The third-order valence-electron chi connectivity index (χ3n) is 4.80. The van der Waals surface area contributed by atoms with Crippen LogP contribution in [0.2, 0.25) is 5.02 Å². The molecule has 0 radical (unpaired) electrons. The molecule has 0 bridgehead atoms. The van der Waals surface area contributed by atoms with Gasteiger partial charge in [0.2, 0.25) is 11.8 Å². The van der Waals surface area contributed by atoms with Crippen molar-refractivity contribution < 1.29 is 14.4 Å². The van der Waals surface area contributed by atoms with E-state index in [1.807, 2.05) is 6.07 Å². The predicted molar refractivity (Wildman–Crippen MR) is 117 cm³/mol. The van der Waals surface area contributed by atoms with Crippen LogP contribution in [0.3, 0.4) is 0 Å². The highest BCUT2D eigenvalue weighted by atomic mass is 35.5. The maximum Gasteiger partial charge on any atom is 0.259 e. The molecule has 3 amide bonds. The summed E-state index contributed by atoms with van der Waals surface area (Å²) in [6, 6.07) is 21.5. The lowest BCUT2D eigenvalue weighted by molar-refractivity contribution is -0.122. The molecule has 3 aromatic carbocycles. The monoisotopic (exact) mass is 419 g/mol. The number of benzene rings is 3. The third kappa shape index (κ3) is 3.90. The number of halogens is 1. The summed E-state index contributed by atoms with van der Waals surface area (Å²) in [6.45, 7) is 0. The summed E-state index contributed by atoms with van der Waals surface area (Å²) in [6.07, 6.45) is -0.218. The number of carbonyl (C=O) groups is 3. The second kappa shape index (κ2) is 8.39. The Morgan fingerprint density at radius 2 is 1.60 bits per heavy atom. The van der Waals surface area contributed by atoms with Gasteiger partial charge in [-0.2, -0.15) is 0 Å². The fourth-order valence-corrected chi connectivity index (χ4v) is 3.57. The Morgan fingerprint density at radius 1 is 0.933 bits per heavy atom. The average molecular weight is 420 g/mol. The van der Waals surface area contributed by atoms with Gasteiger partial charge in [-0.15, -0.1) is 0 Å². The fraction of sp³-hybridized carbons (Fsp3) is 0.0870. The van der Waals surface area contributed by atoms with Gasteiger partial charge in [-0.25, -0.2) is 0 Å². The Bertz CT molecular complexity index is 1120. The van der Waals surface area contributed by atoms with Crippen molar-refractivity contribution in [3.63, 3.8) is 0 Å². The molecule has 0 saturated carbocycles. The lowest BCUT2D eigenvalue weighted by atomic mass is 10.0. The summed E-state index contributed by atoms with van der Waals surface area (Å²) in [5.41, 5.74) is 1.94. The zero-order valence-electron chi connectivity index (χ0n) is 15.8. The lowest BCUT2D eigenvalue weighted by Crippen LogP contribution is -2.52. The van der Waals surface area contributed by atoms with Crippen LogP contribution in [0.15, 0.2) is 78.9 Å². The van der Waals surface area contributed by atoms with E-state index in [0.717, 1.165) is 0 Å². The number of hydrogen-bond donors (Lipinski definition) is 2. The number of anilines is 3. The Balaban J connectivity index is 1.66. The van der Waals surface area contributed by atoms with Crippen molar-refractivity contribution in [2.45, 2.75) is 12.5 Å². The molecular weight excluding hydrogens is 402 g/mol. The number of amides is 3. The van der Waals surface area contributed by atoms with Crippen LogP contribution in [0.4, 0.5) is 17.1 Å². The van der Waals surface area contributed by atoms with Gasteiger partial charge in [-0.3, -0.25) is 19.3 Å². The molecule has 0 fully saturated rings. The summed E-state index contributed by atoms with van der Waals surface area (Å²) in [7, 11) is 0.